The highest BCUT2D eigenvalue weighted by atomic mass is 32.2. The van der Waals surface area contributed by atoms with Crippen LogP contribution in [0, 0.1) is 0 Å². The van der Waals surface area contributed by atoms with Crippen LogP contribution < -0.4 is 5.73 Å². The topological polar surface area (TPSA) is 160 Å². The number of hydrogen-bond acceptors (Lipinski definition) is 10. The Morgan fingerprint density at radius 2 is 2.08 bits per heavy atom. The van der Waals surface area contributed by atoms with E-state index in [4.69, 9.17) is 15.6 Å². The molecule has 1 saturated heterocycles. The third kappa shape index (κ3) is 3.71. The van der Waals surface area contributed by atoms with Crippen molar-refractivity contribution in [1.29, 1.82) is 0 Å². The minimum atomic E-state index is -1.14. The Kier molecular flexibility index (Phi) is 5.71. The molecule has 3 heterocycles. The van der Waals surface area contributed by atoms with Gasteiger partial charge in [0.25, 0.3) is 0 Å². The average molecular weight is 371 g/mol. The number of nitrogens with two attached hydrogens (primary N) is 1. The Hall–Kier alpha value is -1.50. The van der Waals surface area contributed by atoms with Crippen molar-refractivity contribution in [3.63, 3.8) is 0 Å². The Morgan fingerprint density at radius 1 is 1.28 bits per heavy atom. The normalized spacial score (nSPS) is 27.8. The molecule has 6 N–H and O–H groups in total. The maximum Gasteiger partial charge on any atom is 0.167 e. The van der Waals surface area contributed by atoms with Gasteiger partial charge in [0.1, 0.15) is 24.1 Å². The number of rotatable bonds is 7. The van der Waals surface area contributed by atoms with Crippen LogP contribution in [0.15, 0.2) is 12.7 Å². The average Bonchev–Trinajstić information content (AvgIpc) is 3.15. The Bertz CT molecular complexity index is 716. The lowest BCUT2D eigenvalue weighted by Crippen LogP contribution is -2.32. The summed E-state index contributed by atoms with van der Waals surface area (Å²) in [7, 11) is 0. The number of anilines is 1. The van der Waals surface area contributed by atoms with Crippen molar-refractivity contribution < 1.29 is 25.2 Å². The van der Waals surface area contributed by atoms with E-state index in [1.807, 2.05) is 0 Å². The smallest absolute Gasteiger partial charge is 0.167 e. The molecule has 138 valence electrons. The Morgan fingerprint density at radius 3 is 2.84 bits per heavy atom. The van der Waals surface area contributed by atoms with Gasteiger partial charge < -0.3 is 30.9 Å². The van der Waals surface area contributed by atoms with Crippen LogP contribution in [-0.4, -0.2) is 82.5 Å². The first-order valence-corrected chi connectivity index (χ1v) is 8.99. The van der Waals surface area contributed by atoms with Crippen molar-refractivity contribution in [2.75, 3.05) is 23.8 Å². The van der Waals surface area contributed by atoms with E-state index in [1.165, 1.54) is 29.0 Å². The Balaban J connectivity index is 1.66. The summed E-state index contributed by atoms with van der Waals surface area (Å²) in [6.07, 6.45) is -1.16. The zero-order valence-electron chi connectivity index (χ0n) is 13.3. The fourth-order valence-corrected chi connectivity index (χ4v) is 3.78. The number of aromatic nitrogens is 4. The minimum Gasteiger partial charge on any atom is -0.394 e. The highest BCUT2D eigenvalue weighted by molar-refractivity contribution is 7.99. The van der Waals surface area contributed by atoms with Gasteiger partial charge in [-0.3, -0.25) is 4.57 Å². The summed E-state index contributed by atoms with van der Waals surface area (Å²) in [6.45, 7) is -0.275. The summed E-state index contributed by atoms with van der Waals surface area (Å²) in [4.78, 5) is 12.1. The second-order valence-electron chi connectivity index (χ2n) is 5.83. The van der Waals surface area contributed by atoms with Crippen LogP contribution in [0.3, 0.4) is 0 Å². The molecule has 3 rings (SSSR count). The highest BCUT2D eigenvalue weighted by Crippen LogP contribution is 2.33. The first-order chi connectivity index (χ1) is 12.0. The monoisotopic (exact) mass is 371 g/mol. The molecule has 0 saturated carbocycles. The molecule has 2 aromatic heterocycles. The van der Waals surface area contributed by atoms with Crippen molar-refractivity contribution in [2.45, 2.75) is 37.1 Å². The number of hydrogen-bond donors (Lipinski definition) is 5. The van der Waals surface area contributed by atoms with E-state index in [0.717, 1.165) is 0 Å². The van der Waals surface area contributed by atoms with Gasteiger partial charge in [0.2, 0.25) is 0 Å². The summed E-state index contributed by atoms with van der Waals surface area (Å²) in [5, 5.41) is 38.7. The summed E-state index contributed by atoms with van der Waals surface area (Å²) in [6, 6.07) is 0. The molecule has 25 heavy (non-hydrogen) atoms. The minimum absolute atomic E-state index is 0.228. The first kappa shape index (κ1) is 18.3. The van der Waals surface area contributed by atoms with Gasteiger partial charge in [0, 0.05) is 5.75 Å². The van der Waals surface area contributed by atoms with Crippen molar-refractivity contribution in [3.8, 4) is 0 Å². The number of aliphatic hydroxyl groups is 4. The number of nitrogens with zero attached hydrogens (tertiary/aromatic N) is 4. The van der Waals surface area contributed by atoms with Gasteiger partial charge in [-0.15, -0.1) is 0 Å². The fourth-order valence-electron chi connectivity index (χ4n) is 2.66. The predicted octanol–water partition coefficient (Wildman–Crippen LogP) is -1.50. The predicted molar refractivity (Wildman–Crippen MR) is 90.7 cm³/mol. The number of thioether (sulfide) groups is 1. The number of fused-ring (bicyclic) bond motifs is 1. The van der Waals surface area contributed by atoms with Gasteiger partial charge in [0.05, 0.1) is 25.1 Å². The second-order valence-corrected chi connectivity index (χ2v) is 6.98. The Labute approximate surface area is 147 Å². The molecule has 0 aliphatic carbocycles. The molecule has 0 aromatic carbocycles. The third-order valence-corrected chi connectivity index (χ3v) is 5.18. The molecule has 0 spiro atoms. The van der Waals surface area contributed by atoms with Gasteiger partial charge in [-0.2, -0.15) is 11.8 Å². The van der Waals surface area contributed by atoms with E-state index in [2.05, 4.69) is 15.0 Å². The van der Waals surface area contributed by atoms with E-state index in [0.29, 0.717) is 29.1 Å². The standard InChI is InChI=1S/C14H21N5O5S/c15-12-9-13(17-5-16-12)19(6-18-9)14-11(23)10(22)8(24-14)4-25-2-1-7(21)3-20/h5-8,10-11,14,20-23H,1-4H2,(H2,15,16,17)/t7?,8-,10-,11-,14-/m1/s1. The zero-order valence-corrected chi connectivity index (χ0v) is 14.2. The van der Waals surface area contributed by atoms with E-state index in [-0.39, 0.29) is 12.4 Å². The lowest BCUT2D eigenvalue weighted by molar-refractivity contribution is -0.0289. The summed E-state index contributed by atoms with van der Waals surface area (Å²) < 4.78 is 7.33. The molecular formula is C14H21N5O5S. The molecule has 0 bridgehead atoms. The van der Waals surface area contributed by atoms with Crippen LogP contribution in [0.25, 0.3) is 11.2 Å². The molecular weight excluding hydrogens is 350 g/mol. The third-order valence-electron chi connectivity index (χ3n) is 4.09. The van der Waals surface area contributed by atoms with Gasteiger partial charge in [-0.1, -0.05) is 0 Å². The van der Waals surface area contributed by atoms with Crippen LogP contribution >= 0.6 is 11.8 Å². The second kappa shape index (κ2) is 7.81. The highest BCUT2D eigenvalue weighted by Gasteiger charge is 2.44. The van der Waals surface area contributed by atoms with Crippen LogP contribution in [0.1, 0.15) is 12.6 Å². The fraction of sp³-hybridized carbons (Fsp3) is 0.643. The molecule has 1 fully saturated rings. The van der Waals surface area contributed by atoms with Crippen molar-refractivity contribution in [1.82, 2.24) is 19.5 Å². The number of ether oxygens (including phenoxy) is 1. The maximum atomic E-state index is 10.3. The molecule has 0 radical (unpaired) electrons. The summed E-state index contributed by atoms with van der Waals surface area (Å²) in [5.41, 5.74) is 6.58. The number of nitrogen functional groups attached to an aromatic ring is 1. The molecule has 1 unspecified atom stereocenters. The van der Waals surface area contributed by atoms with Crippen molar-refractivity contribution >= 4 is 28.7 Å². The van der Waals surface area contributed by atoms with E-state index >= 15 is 0 Å². The lowest BCUT2D eigenvalue weighted by Gasteiger charge is -2.16. The molecule has 5 atom stereocenters. The van der Waals surface area contributed by atoms with Gasteiger partial charge in [-0.05, 0) is 12.2 Å². The SMILES string of the molecule is Nc1ncnc2c1ncn2[C@@H]1O[C@H](CSCCC(O)CO)[C@@H](O)[C@H]1O. The number of imidazole rings is 1. The van der Waals surface area contributed by atoms with Crippen LogP contribution in [-0.2, 0) is 4.74 Å². The maximum absolute atomic E-state index is 10.3. The zero-order chi connectivity index (χ0) is 18.0. The summed E-state index contributed by atoms with van der Waals surface area (Å²) >= 11 is 1.47. The van der Waals surface area contributed by atoms with Gasteiger partial charge in [0.15, 0.2) is 17.7 Å². The van der Waals surface area contributed by atoms with Crippen molar-refractivity contribution in [3.05, 3.63) is 12.7 Å². The first-order valence-electron chi connectivity index (χ1n) is 7.84. The van der Waals surface area contributed by atoms with E-state index in [9.17, 15) is 15.3 Å². The molecule has 11 heteroatoms. The molecule has 0 amide bonds. The number of aliphatic hydroxyl groups excluding tert-OH is 4. The summed E-state index contributed by atoms with van der Waals surface area (Å²) in [5.74, 6) is 1.27. The quantitative estimate of drug-likeness (QED) is 0.363. The van der Waals surface area contributed by atoms with Crippen LogP contribution in [0.2, 0.25) is 0 Å². The van der Waals surface area contributed by atoms with Crippen LogP contribution in [0.5, 0.6) is 0 Å². The largest absolute Gasteiger partial charge is 0.394 e. The van der Waals surface area contributed by atoms with E-state index < -0.39 is 30.6 Å². The molecule has 1 aliphatic rings. The van der Waals surface area contributed by atoms with E-state index in [1.54, 1.807) is 0 Å². The van der Waals surface area contributed by atoms with Crippen LogP contribution in [0.4, 0.5) is 5.82 Å². The molecule has 2 aromatic rings. The molecule has 10 nitrogen and oxygen atoms in total. The van der Waals surface area contributed by atoms with Gasteiger partial charge in [-0.25, -0.2) is 15.0 Å². The lowest BCUT2D eigenvalue weighted by atomic mass is 10.1. The van der Waals surface area contributed by atoms with Crippen molar-refractivity contribution in [2.24, 2.45) is 0 Å². The molecule has 1 aliphatic heterocycles. The van der Waals surface area contributed by atoms with Gasteiger partial charge >= 0.3 is 0 Å².